The molecule has 0 spiro atoms. The summed E-state index contributed by atoms with van der Waals surface area (Å²) in [5.41, 5.74) is 0. The first-order valence-electron chi connectivity index (χ1n) is 7.68. The van der Waals surface area contributed by atoms with Gasteiger partial charge in [0.25, 0.3) is 0 Å². The number of rotatable bonds is 4. The Labute approximate surface area is 117 Å². The highest BCUT2D eigenvalue weighted by Gasteiger charge is 2.27. The number of hydrogen-bond donors (Lipinski definition) is 0. The second kappa shape index (κ2) is 7.25. The van der Waals surface area contributed by atoms with Crippen LogP contribution in [0.3, 0.4) is 0 Å². The average molecular weight is 268 g/mol. The van der Waals surface area contributed by atoms with Gasteiger partial charge in [-0.3, -0.25) is 9.69 Å². The molecule has 110 valence electrons. The number of likely N-dealkylation sites (tertiary alicyclic amines) is 1. The van der Waals surface area contributed by atoms with E-state index in [1.807, 2.05) is 14.1 Å². The van der Waals surface area contributed by atoms with Gasteiger partial charge in [0.2, 0.25) is 5.91 Å². The predicted molar refractivity (Wildman–Crippen MR) is 76.1 cm³/mol. The van der Waals surface area contributed by atoms with Crippen LogP contribution in [0.1, 0.15) is 38.5 Å². The van der Waals surface area contributed by atoms with E-state index < -0.39 is 0 Å². The van der Waals surface area contributed by atoms with Gasteiger partial charge in [-0.25, -0.2) is 0 Å². The number of carbonyl (C=O) groups excluding carboxylic acids is 1. The number of carbonyl (C=O) groups is 1. The summed E-state index contributed by atoms with van der Waals surface area (Å²) in [5.74, 6) is 0.976. The first-order chi connectivity index (χ1) is 9.16. The van der Waals surface area contributed by atoms with Crippen molar-refractivity contribution in [1.29, 1.82) is 0 Å². The molecule has 0 bridgehead atoms. The fourth-order valence-electron chi connectivity index (χ4n) is 3.27. The molecule has 2 aliphatic heterocycles. The molecule has 0 unspecified atom stereocenters. The Morgan fingerprint density at radius 2 is 2.00 bits per heavy atom. The molecule has 0 radical (unpaired) electrons. The molecule has 4 nitrogen and oxygen atoms in total. The Balaban J connectivity index is 1.75. The number of amides is 1. The smallest absolute Gasteiger partial charge is 0.222 e. The van der Waals surface area contributed by atoms with Crippen molar-refractivity contribution in [2.75, 3.05) is 40.4 Å². The molecule has 0 aliphatic carbocycles. The second-order valence-electron chi connectivity index (χ2n) is 6.17. The van der Waals surface area contributed by atoms with Crippen LogP contribution < -0.4 is 0 Å². The highest BCUT2D eigenvalue weighted by atomic mass is 16.5. The standard InChI is InChI=1S/C15H28N2O2/c1-16(2)15(18)6-5-13-4-3-9-17(12-13)14-7-10-19-11-8-14/h13-14H,3-12H2,1-2H3/t13-/m1/s1. The van der Waals surface area contributed by atoms with E-state index >= 15 is 0 Å². The molecule has 1 amide bonds. The van der Waals surface area contributed by atoms with Crippen molar-refractivity contribution in [1.82, 2.24) is 9.80 Å². The Bertz CT molecular complexity index is 288. The van der Waals surface area contributed by atoms with Crippen molar-refractivity contribution < 1.29 is 9.53 Å². The molecule has 4 heteroatoms. The lowest BCUT2D eigenvalue weighted by Gasteiger charge is -2.40. The van der Waals surface area contributed by atoms with E-state index in [2.05, 4.69) is 4.90 Å². The van der Waals surface area contributed by atoms with Gasteiger partial charge in [0, 0.05) is 46.3 Å². The van der Waals surface area contributed by atoms with Gasteiger partial charge < -0.3 is 9.64 Å². The zero-order chi connectivity index (χ0) is 13.7. The molecular weight excluding hydrogens is 240 g/mol. The van der Waals surface area contributed by atoms with Crippen LogP contribution in [0.25, 0.3) is 0 Å². The van der Waals surface area contributed by atoms with Gasteiger partial charge in [0.05, 0.1) is 0 Å². The highest BCUT2D eigenvalue weighted by Crippen LogP contribution is 2.25. The van der Waals surface area contributed by atoms with Gasteiger partial charge in [0.1, 0.15) is 0 Å². The van der Waals surface area contributed by atoms with Crippen LogP contribution in [0, 0.1) is 5.92 Å². The summed E-state index contributed by atoms with van der Waals surface area (Å²) in [5, 5.41) is 0. The van der Waals surface area contributed by atoms with Gasteiger partial charge in [-0.15, -0.1) is 0 Å². The molecule has 0 aromatic carbocycles. The summed E-state index contributed by atoms with van der Waals surface area (Å²) >= 11 is 0. The monoisotopic (exact) mass is 268 g/mol. The minimum Gasteiger partial charge on any atom is -0.381 e. The first kappa shape index (κ1) is 14.8. The summed E-state index contributed by atoms with van der Waals surface area (Å²) < 4.78 is 5.45. The molecule has 0 aromatic rings. The molecule has 0 aromatic heterocycles. The van der Waals surface area contributed by atoms with Crippen LogP contribution in [0.5, 0.6) is 0 Å². The van der Waals surface area contributed by atoms with Crippen molar-refractivity contribution in [2.24, 2.45) is 5.92 Å². The van der Waals surface area contributed by atoms with Crippen LogP contribution in [0.15, 0.2) is 0 Å². The van der Waals surface area contributed by atoms with Crippen LogP contribution >= 0.6 is 0 Å². The van der Waals surface area contributed by atoms with Crippen LogP contribution in [0.4, 0.5) is 0 Å². The fourth-order valence-corrected chi connectivity index (χ4v) is 3.27. The lowest BCUT2D eigenvalue weighted by Crippen LogP contribution is -2.45. The predicted octanol–water partition coefficient (Wildman–Crippen LogP) is 1.75. The summed E-state index contributed by atoms with van der Waals surface area (Å²) in [6.07, 6.45) is 6.71. The van der Waals surface area contributed by atoms with E-state index in [-0.39, 0.29) is 5.91 Å². The number of piperidine rings is 1. The number of hydrogen-bond acceptors (Lipinski definition) is 3. The second-order valence-corrected chi connectivity index (χ2v) is 6.17. The third-order valence-corrected chi connectivity index (χ3v) is 4.52. The van der Waals surface area contributed by atoms with E-state index in [0.29, 0.717) is 12.3 Å². The zero-order valence-electron chi connectivity index (χ0n) is 12.4. The summed E-state index contributed by atoms with van der Waals surface area (Å²) in [6.45, 7) is 4.27. The normalized spacial score (nSPS) is 26.3. The molecule has 2 aliphatic rings. The van der Waals surface area contributed by atoms with Gasteiger partial charge in [-0.1, -0.05) is 0 Å². The molecule has 2 rings (SSSR count). The summed E-state index contributed by atoms with van der Waals surface area (Å²) in [4.78, 5) is 16.0. The minimum absolute atomic E-state index is 0.267. The average Bonchev–Trinajstić information content (AvgIpc) is 2.46. The first-order valence-corrected chi connectivity index (χ1v) is 7.68. The van der Waals surface area contributed by atoms with Crippen molar-refractivity contribution in [3.8, 4) is 0 Å². The largest absolute Gasteiger partial charge is 0.381 e. The van der Waals surface area contributed by atoms with Crippen molar-refractivity contribution in [2.45, 2.75) is 44.6 Å². The SMILES string of the molecule is CN(C)C(=O)CC[C@H]1CCCN(C2CCOCC2)C1. The lowest BCUT2D eigenvalue weighted by atomic mass is 9.91. The van der Waals surface area contributed by atoms with Gasteiger partial charge in [-0.05, 0) is 44.6 Å². The Hall–Kier alpha value is -0.610. The highest BCUT2D eigenvalue weighted by molar-refractivity contribution is 5.75. The summed E-state index contributed by atoms with van der Waals surface area (Å²) in [7, 11) is 3.69. The molecule has 1 atom stereocenters. The van der Waals surface area contributed by atoms with Gasteiger partial charge >= 0.3 is 0 Å². The topological polar surface area (TPSA) is 32.8 Å². The maximum atomic E-state index is 11.7. The third-order valence-electron chi connectivity index (χ3n) is 4.52. The number of nitrogens with zero attached hydrogens (tertiary/aromatic N) is 2. The lowest BCUT2D eigenvalue weighted by molar-refractivity contribution is -0.129. The van der Waals surface area contributed by atoms with E-state index in [1.165, 1.54) is 38.8 Å². The number of ether oxygens (including phenoxy) is 1. The van der Waals surface area contributed by atoms with E-state index in [0.717, 1.165) is 25.7 Å². The quantitative estimate of drug-likeness (QED) is 0.778. The van der Waals surface area contributed by atoms with Crippen molar-refractivity contribution >= 4 is 5.91 Å². The molecule has 19 heavy (non-hydrogen) atoms. The van der Waals surface area contributed by atoms with E-state index in [4.69, 9.17) is 4.74 Å². The molecule has 2 saturated heterocycles. The fraction of sp³-hybridized carbons (Fsp3) is 0.933. The van der Waals surface area contributed by atoms with Gasteiger partial charge in [0.15, 0.2) is 0 Å². The van der Waals surface area contributed by atoms with Gasteiger partial charge in [-0.2, -0.15) is 0 Å². The zero-order valence-corrected chi connectivity index (χ0v) is 12.4. The maximum Gasteiger partial charge on any atom is 0.222 e. The third kappa shape index (κ3) is 4.46. The summed E-state index contributed by atoms with van der Waals surface area (Å²) in [6, 6.07) is 0.723. The molecule has 2 fully saturated rings. The van der Waals surface area contributed by atoms with Crippen LogP contribution in [0.2, 0.25) is 0 Å². The van der Waals surface area contributed by atoms with E-state index in [9.17, 15) is 4.79 Å². The van der Waals surface area contributed by atoms with Crippen LogP contribution in [-0.2, 0) is 9.53 Å². The Morgan fingerprint density at radius 3 is 2.68 bits per heavy atom. The molecule has 0 N–H and O–H groups in total. The van der Waals surface area contributed by atoms with Crippen LogP contribution in [-0.4, -0.2) is 62.1 Å². The molecule has 0 saturated carbocycles. The maximum absolute atomic E-state index is 11.7. The minimum atomic E-state index is 0.267. The van der Waals surface area contributed by atoms with Crippen molar-refractivity contribution in [3.63, 3.8) is 0 Å². The molecular formula is C15H28N2O2. The Morgan fingerprint density at radius 1 is 1.26 bits per heavy atom. The Kier molecular flexibility index (Phi) is 5.64. The van der Waals surface area contributed by atoms with E-state index in [1.54, 1.807) is 4.90 Å². The molecule has 2 heterocycles. The van der Waals surface area contributed by atoms with Crippen molar-refractivity contribution in [3.05, 3.63) is 0 Å².